The number of hydrogen-bond acceptors (Lipinski definition) is 5. The highest BCUT2D eigenvalue weighted by Crippen LogP contribution is 2.43. The van der Waals surface area contributed by atoms with E-state index in [1.54, 1.807) is 7.11 Å². The van der Waals surface area contributed by atoms with Crippen LogP contribution in [0.3, 0.4) is 0 Å². The number of amidine groups is 1. The number of thioether (sulfide) groups is 1. The Morgan fingerprint density at radius 2 is 2.11 bits per heavy atom. The molecule has 1 fully saturated rings. The van der Waals surface area contributed by atoms with Crippen LogP contribution in [0.15, 0.2) is 4.99 Å². The van der Waals surface area contributed by atoms with Crippen LogP contribution in [0.2, 0.25) is 0 Å². The van der Waals surface area contributed by atoms with Crippen LogP contribution in [-0.2, 0) is 9.47 Å². The maximum absolute atomic E-state index is 5.41. The molecule has 1 N–H and O–H groups in total. The first kappa shape index (κ1) is 14.2. The predicted octanol–water partition coefficient (Wildman–Crippen LogP) is 1.90. The van der Waals surface area contributed by atoms with Gasteiger partial charge in [-0.1, -0.05) is 24.6 Å². The van der Waals surface area contributed by atoms with E-state index in [4.69, 9.17) is 9.47 Å². The van der Waals surface area contributed by atoms with Crippen molar-refractivity contribution < 1.29 is 9.47 Å². The quantitative estimate of drug-likeness (QED) is 0.750. The Labute approximate surface area is 114 Å². The van der Waals surface area contributed by atoms with Gasteiger partial charge in [0.25, 0.3) is 0 Å². The molecule has 0 saturated heterocycles. The van der Waals surface area contributed by atoms with Crippen molar-refractivity contribution in [3.63, 3.8) is 0 Å². The van der Waals surface area contributed by atoms with Crippen LogP contribution in [-0.4, -0.2) is 50.9 Å². The average Bonchev–Trinajstić information content (AvgIpc) is 2.85. The maximum atomic E-state index is 5.41. The van der Waals surface area contributed by atoms with E-state index >= 15 is 0 Å². The molecule has 1 aliphatic carbocycles. The van der Waals surface area contributed by atoms with Crippen LogP contribution >= 0.6 is 11.8 Å². The molecule has 0 radical (unpaired) electrons. The SMILES string of the molecule is COCCOCCNC1=NCC2(CCCC2)CS1. The smallest absolute Gasteiger partial charge is 0.156 e. The van der Waals surface area contributed by atoms with E-state index < -0.39 is 0 Å². The highest BCUT2D eigenvalue weighted by Gasteiger charge is 2.36. The van der Waals surface area contributed by atoms with Gasteiger partial charge in [-0.15, -0.1) is 0 Å². The van der Waals surface area contributed by atoms with E-state index in [1.165, 1.54) is 31.4 Å². The third-order valence-electron chi connectivity index (χ3n) is 3.69. The summed E-state index contributed by atoms with van der Waals surface area (Å²) in [6.07, 6.45) is 5.53. The monoisotopic (exact) mass is 272 g/mol. The molecule has 1 spiro atoms. The second-order valence-corrected chi connectivity index (χ2v) is 6.11. The molecule has 0 aromatic rings. The molecule has 4 nitrogen and oxygen atoms in total. The first-order chi connectivity index (χ1) is 8.85. The molecule has 1 heterocycles. The molecule has 0 aromatic carbocycles. The fourth-order valence-electron chi connectivity index (χ4n) is 2.56. The number of nitrogens with zero attached hydrogens (tertiary/aromatic N) is 1. The highest BCUT2D eigenvalue weighted by molar-refractivity contribution is 8.13. The zero-order chi connectivity index (χ0) is 12.7. The maximum Gasteiger partial charge on any atom is 0.156 e. The van der Waals surface area contributed by atoms with Gasteiger partial charge < -0.3 is 14.8 Å². The van der Waals surface area contributed by atoms with Crippen LogP contribution < -0.4 is 5.32 Å². The molecule has 0 amide bonds. The highest BCUT2D eigenvalue weighted by atomic mass is 32.2. The normalized spacial score (nSPS) is 22.2. The molecule has 2 aliphatic rings. The minimum absolute atomic E-state index is 0.533. The molecular formula is C13H24N2O2S. The minimum Gasteiger partial charge on any atom is -0.382 e. The summed E-state index contributed by atoms with van der Waals surface area (Å²) in [6, 6.07) is 0. The molecular weight excluding hydrogens is 248 g/mol. The van der Waals surface area contributed by atoms with E-state index in [9.17, 15) is 0 Å². The molecule has 104 valence electrons. The molecule has 5 heteroatoms. The molecule has 1 aliphatic heterocycles. The van der Waals surface area contributed by atoms with Crippen molar-refractivity contribution in [3.05, 3.63) is 0 Å². The van der Waals surface area contributed by atoms with Gasteiger partial charge in [-0.3, -0.25) is 4.99 Å². The van der Waals surface area contributed by atoms with E-state index in [-0.39, 0.29) is 0 Å². The number of rotatable bonds is 6. The van der Waals surface area contributed by atoms with E-state index in [1.807, 2.05) is 11.8 Å². The summed E-state index contributed by atoms with van der Waals surface area (Å²) in [6.45, 7) is 3.91. The number of aliphatic imine (C=N–C) groups is 1. The summed E-state index contributed by atoms with van der Waals surface area (Å²) in [4.78, 5) is 4.69. The Morgan fingerprint density at radius 3 is 2.78 bits per heavy atom. The van der Waals surface area contributed by atoms with Gasteiger partial charge in [0.05, 0.1) is 19.8 Å². The van der Waals surface area contributed by atoms with Crippen LogP contribution in [0.1, 0.15) is 25.7 Å². The van der Waals surface area contributed by atoms with Crippen molar-refractivity contribution in [2.45, 2.75) is 25.7 Å². The van der Waals surface area contributed by atoms with E-state index in [0.29, 0.717) is 25.2 Å². The fraction of sp³-hybridized carbons (Fsp3) is 0.923. The lowest BCUT2D eigenvalue weighted by Gasteiger charge is -2.31. The van der Waals surface area contributed by atoms with Crippen molar-refractivity contribution in [1.29, 1.82) is 0 Å². The lowest BCUT2D eigenvalue weighted by molar-refractivity contribution is 0.0734. The lowest BCUT2D eigenvalue weighted by atomic mass is 9.89. The average molecular weight is 272 g/mol. The Balaban J connectivity index is 1.58. The second kappa shape index (κ2) is 7.36. The fourth-order valence-corrected chi connectivity index (χ4v) is 3.74. The molecule has 0 aromatic heterocycles. The molecule has 0 atom stereocenters. The predicted molar refractivity (Wildman–Crippen MR) is 76.4 cm³/mol. The summed E-state index contributed by atoms with van der Waals surface area (Å²) in [5, 5.41) is 4.45. The Morgan fingerprint density at radius 1 is 1.28 bits per heavy atom. The zero-order valence-electron chi connectivity index (χ0n) is 11.2. The van der Waals surface area contributed by atoms with E-state index in [0.717, 1.165) is 18.3 Å². The Hall–Kier alpha value is -0.260. The van der Waals surface area contributed by atoms with Crippen molar-refractivity contribution in [1.82, 2.24) is 5.32 Å². The first-order valence-corrected chi connectivity index (χ1v) is 7.81. The van der Waals surface area contributed by atoms with Gasteiger partial charge in [0, 0.05) is 26.0 Å². The summed E-state index contributed by atoms with van der Waals surface area (Å²) in [7, 11) is 1.69. The number of ether oxygens (including phenoxy) is 2. The van der Waals surface area contributed by atoms with Crippen LogP contribution in [0.4, 0.5) is 0 Å². The third kappa shape index (κ3) is 4.14. The Kier molecular flexibility index (Phi) is 5.79. The standard InChI is InChI=1S/C13H24N2O2S/c1-16-8-9-17-7-6-14-12-15-10-13(11-18-12)4-2-3-5-13/h2-11H2,1H3,(H,14,15). The summed E-state index contributed by atoms with van der Waals surface area (Å²) in [5.41, 5.74) is 0.533. The van der Waals surface area contributed by atoms with Gasteiger partial charge >= 0.3 is 0 Å². The van der Waals surface area contributed by atoms with Gasteiger partial charge in [0.2, 0.25) is 0 Å². The van der Waals surface area contributed by atoms with Crippen molar-refractivity contribution in [2.75, 3.05) is 45.8 Å². The molecule has 2 rings (SSSR count). The third-order valence-corrected chi connectivity index (χ3v) is 5.00. The van der Waals surface area contributed by atoms with E-state index in [2.05, 4.69) is 10.3 Å². The summed E-state index contributed by atoms with van der Waals surface area (Å²) in [5.74, 6) is 1.24. The van der Waals surface area contributed by atoms with Crippen LogP contribution in [0.5, 0.6) is 0 Å². The van der Waals surface area contributed by atoms with Crippen molar-refractivity contribution in [3.8, 4) is 0 Å². The molecule has 0 bridgehead atoms. The summed E-state index contributed by atoms with van der Waals surface area (Å²) < 4.78 is 10.3. The number of methoxy groups -OCH3 is 1. The van der Waals surface area contributed by atoms with Gasteiger partial charge in [0.15, 0.2) is 5.17 Å². The zero-order valence-corrected chi connectivity index (χ0v) is 12.1. The van der Waals surface area contributed by atoms with Gasteiger partial charge in [0.1, 0.15) is 0 Å². The lowest BCUT2D eigenvalue weighted by Crippen LogP contribution is -2.34. The number of nitrogens with one attached hydrogen (secondary N) is 1. The molecule has 18 heavy (non-hydrogen) atoms. The van der Waals surface area contributed by atoms with Crippen LogP contribution in [0.25, 0.3) is 0 Å². The largest absolute Gasteiger partial charge is 0.382 e. The van der Waals surface area contributed by atoms with Gasteiger partial charge in [-0.25, -0.2) is 0 Å². The van der Waals surface area contributed by atoms with Crippen molar-refractivity contribution >= 4 is 16.9 Å². The Bertz CT molecular complexity index is 278. The van der Waals surface area contributed by atoms with Gasteiger partial charge in [-0.2, -0.15) is 0 Å². The van der Waals surface area contributed by atoms with Crippen LogP contribution in [0, 0.1) is 5.41 Å². The number of hydrogen-bond donors (Lipinski definition) is 1. The van der Waals surface area contributed by atoms with Crippen molar-refractivity contribution in [2.24, 2.45) is 10.4 Å². The minimum atomic E-state index is 0.533. The second-order valence-electron chi connectivity index (χ2n) is 5.15. The molecule has 0 unspecified atom stereocenters. The topological polar surface area (TPSA) is 42.9 Å². The van der Waals surface area contributed by atoms with Gasteiger partial charge in [-0.05, 0) is 18.3 Å². The summed E-state index contributed by atoms with van der Waals surface area (Å²) >= 11 is 1.89. The molecule has 1 saturated carbocycles. The first-order valence-electron chi connectivity index (χ1n) is 6.82.